The molecule has 0 aliphatic rings. The number of nitrogens with one attached hydrogen (secondary N) is 1. The van der Waals surface area contributed by atoms with E-state index in [1.54, 1.807) is 45.0 Å². The van der Waals surface area contributed by atoms with Crippen molar-refractivity contribution in [3.63, 3.8) is 0 Å². The topological polar surface area (TPSA) is 81.7 Å². The summed E-state index contributed by atoms with van der Waals surface area (Å²) >= 11 is 0. The molecular formula is C14H21NO5S. The van der Waals surface area contributed by atoms with E-state index in [1.807, 2.05) is 6.07 Å². The molecule has 0 aliphatic heterocycles. The van der Waals surface area contributed by atoms with Crippen molar-refractivity contribution in [3.05, 3.63) is 35.9 Å². The van der Waals surface area contributed by atoms with Crippen LogP contribution in [0.25, 0.3) is 0 Å². The summed E-state index contributed by atoms with van der Waals surface area (Å²) in [5.74, 6) is 0. The van der Waals surface area contributed by atoms with Crippen LogP contribution < -0.4 is 5.32 Å². The molecule has 0 spiro atoms. The molecule has 1 aromatic rings. The standard InChI is InChI=1S/C14H21NO5S/c1-14(2,3)20-13(16)15-12(10-19-21(4,17)18)11-8-6-5-7-9-11/h5-9,12H,10H2,1-4H3,(H,15,16). The van der Waals surface area contributed by atoms with E-state index in [2.05, 4.69) is 5.32 Å². The third kappa shape index (κ3) is 7.67. The molecule has 0 aliphatic carbocycles. The fourth-order valence-electron chi connectivity index (χ4n) is 1.55. The van der Waals surface area contributed by atoms with Crippen LogP contribution in [-0.2, 0) is 19.0 Å². The van der Waals surface area contributed by atoms with Crippen molar-refractivity contribution in [2.75, 3.05) is 12.9 Å². The summed E-state index contributed by atoms with van der Waals surface area (Å²) in [4.78, 5) is 11.8. The van der Waals surface area contributed by atoms with Gasteiger partial charge in [-0.05, 0) is 26.3 Å². The van der Waals surface area contributed by atoms with Crippen LogP contribution >= 0.6 is 0 Å². The maximum absolute atomic E-state index is 11.8. The predicted octanol–water partition coefficient (Wildman–Crippen LogP) is 2.23. The van der Waals surface area contributed by atoms with Crippen LogP contribution in [0.1, 0.15) is 32.4 Å². The van der Waals surface area contributed by atoms with Crippen molar-refractivity contribution < 1.29 is 22.1 Å². The average Bonchev–Trinajstić information content (AvgIpc) is 2.32. The monoisotopic (exact) mass is 315 g/mol. The highest BCUT2D eigenvalue weighted by atomic mass is 32.2. The van der Waals surface area contributed by atoms with Crippen molar-refractivity contribution in [1.29, 1.82) is 0 Å². The van der Waals surface area contributed by atoms with Crippen LogP contribution in [0.2, 0.25) is 0 Å². The Morgan fingerprint density at radius 2 is 1.81 bits per heavy atom. The SMILES string of the molecule is CC(C)(C)OC(=O)NC(COS(C)(=O)=O)c1ccccc1. The number of hydrogen-bond donors (Lipinski definition) is 1. The molecule has 0 radical (unpaired) electrons. The first-order valence-electron chi connectivity index (χ1n) is 6.46. The molecule has 1 unspecified atom stereocenters. The zero-order valence-electron chi connectivity index (χ0n) is 12.6. The first-order chi connectivity index (χ1) is 9.57. The fourth-order valence-corrected chi connectivity index (χ4v) is 1.93. The fraction of sp³-hybridized carbons (Fsp3) is 0.500. The Balaban J connectivity index is 2.80. The van der Waals surface area contributed by atoms with E-state index in [9.17, 15) is 13.2 Å². The number of carbonyl (C=O) groups excluding carboxylic acids is 1. The predicted molar refractivity (Wildman–Crippen MR) is 79.3 cm³/mol. The second kappa shape index (κ2) is 6.91. The third-order valence-corrected chi connectivity index (χ3v) is 2.91. The van der Waals surface area contributed by atoms with Gasteiger partial charge in [-0.2, -0.15) is 8.42 Å². The summed E-state index contributed by atoms with van der Waals surface area (Å²) in [5.41, 5.74) is 0.0928. The lowest BCUT2D eigenvalue weighted by Crippen LogP contribution is -2.37. The maximum atomic E-state index is 11.8. The Morgan fingerprint density at radius 3 is 2.29 bits per heavy atom. The van der Waals surface area contributed by atoms with Crippen molar-refractivity contribution in [2.24, 2.45) is 0 Å². The maximum Gasteiger partial charge on any atom is 0.408 e. The van der Waals surface area contributed by atoms with E-state index in [0.29, 0.717) is 0 Å². The van der Waals surface area contributed by atoms with Crippen molar-refractivity contribution in [2.45, 2.75) is 32.4 Å². The van der Waals surface area contributed by atoms with Gasteiger partial charge in [0.1, 0.15) is 5.60 Å². The van der Waals surface area contributed by atoms with Gasteiger partial charge in [-0.25, -0.2) is 4.79 Å². The quantitative estimate of drug-likeness (QED) is 0.843. The molecular weight excluding hydrogens is 294 g/mol. The minimum absolute atomic E-state index is 0.192. The number of benzene rings is 1. The molecule has 6 nitrogen and oxygen atoms in total. The second-order valence-electron chi connectivity index (χ2n) is 5.60. The molecule has 0 saturated carbocycles. The number of carbonyl (C=O) groups is 1. The molecule has 1 N–H and O–H groups in total. The second-order valence-corrected chi connectivity index (χ2v) is 7.24. The summed E-state index contributed by atoms with van der Waals surface area (Å²) in [6, 6.07) is 8.34. The van der Waals surface area contributed by atoms with Gasteiger partial charge < -0.3 is 10.1 Å². The van der Waals surface area contributed by atoms with Gasteiger partial charge in [0.05, 0.1) is 18.9 Å². The van der Waals surface area contributed by atoms with Gasteiger partial charge in [0.25, 0.3) is 10.1 Å². The lowest BCUT2D eigenvalue weighted by atomic mass is 10.1. The van der Waals surface area contributed by atoms with Crippen LogP contribution in [0.4, 0.5) is 4.79 Å². The van der Waals surface area contributed by atoms with Gasteiger partial charge in [-0.3, -0.25) is 4.18 Å². The van der Waals surface area contributed by atoms with Gasteiger partial charge >= 0.3 is 6.09 Å². The molecule has 7 heteroatoms. The molecule has 118 valence electrons. The zero-order chi connectivity index (χ0) is 16.1. The third-order valence-electron chi connectivity index (χ3n) is 2.34. The average molecular weight is 315 g/mol. The number of hydrogen-bond acceptors (Lipinski definition) is 5. The van der Waals surface area contributed by atoms with Gasteiger partial charge in [-0.1, -0.05) is 30.3 Å². The molecule has 0 saturated heterocycles. The van der Waals surface area contributed by atoms with Gasteiger partial charge in [0.2, 0.25) is 0 Å². The van der Waals surface area contributed by atoms with Crippen LogP contribution in [0.15, 0.2) is 30.3 Å². The number of ether oxygens (including phenoxy) is 1. The molecule has 1 amide bonds. The molecule has 0 bridgehead atoms. The van der Waals surface area contributed by atoms with Crippen molar-refractivity contribution >= 4 is 16.2 Å². The summed E-state index contributed by atoms with van der Waals surface area (Å²) < 4.78 is 32.2. The Kier molecular flexibility index (Phi) is 5.74. The van der Waals surface area contributed by atoms with Crippen LogP contribution in [0.3, 0.4) is 0 Å². The highest BCUT2D eigenvalue weighted by Crippen LogP contribution is 2.15. The first kappa shape index (κ1) is 17.5. The Bertz CT molecular complexity index is 563. The normalized spacial score (nSPS) is 13.5. The van der Waals surface area contributed by atoms with Gasteiger partial charge in [0.15, 0.2) is 0 Å². The number of rotatable bonds is 5. The first-order valence-corrected chi connectivity index (χ1v) is 8.27. The molecule has 1 rings (SSSR count). The summed E-state index contributed by atoms with van der Waals surface area (Å²) in [6.07, 6.45) is 0.330. The number of amides is 1. The lowest BCUT2D eigenvalue weighted by molar-refractivity contribution is 0.0487. The lowest BCUT2D eigenvalue weighted by Gasteiger charge is -2.23. The largest absolute Gasteiger partial charge is 0.444 e. The van der Waals surface area contributed by atoms with Gasteiger partial charge in [-0.15, -0.1) is 0 Å². The van der Waals surface area contributed by atoms with Crippen LogP contribution in [-0.4, -0.2) is 33.0 Å². The molecule has 0 heterocycles. The minimum Gasteiger partial charge on any atom is -0.444 e. The van der Waals surface area contributed by atoms with Crippen molar-refractivity contribution in [3.8, 4) is 0 Å². The Labute approximate surface area is 125 Å². The Morgan fingerprint density at radius 1 is 1.24 bits per heavy atom. The zero-order valence-corrected chi connectivity index (χ0v) is 13.4. The highest BCUT2D eigenvalue weighted by molar-refractivity contribution is 7.85. The number of alkyl carbamates (subject to hydrolysis) is 1. The van der Waals surface area contributed by atoms with Crippen LogP contribution in [0.5, 0.6) is 0 Å². The summed E-state index contributed by atoms with van der Waals surface area (Å²) in [5, 5.41) is 2.61. The van der Waals surface area contributed by atoms with E-state index in [0.717, 1.165) is 11.8 Å². The highest BCUT2D eigenvalue weighted by Gasteiger charge is 2.21. The summed E-state index contributed by atoms with van der Waals surface area (Å²) in [7, 11) is -3.59. The van der Waals surface area contributed by atoms with E-state index >= 15 is 0 Å². The molecule has 0 aromatic heterocycles. The smallest absolute Gasteiger partial charge is 0.408 e. The van der Waals surface area contributed by atoms with E-state index in [-0.39, 0.29) is 6.61 Å². The van der Waals surface area contributed by atoms with E-state index in [4.69, 9.17) is 8.92 Å². The molecule has 0 fully saturated rings. The van der Waals surface area contributed by atoms with Crippen molar-refractivity contribution in [1.82, 2.24) is 5.32 Å². The Hall–Kier alpha value is -1.60. The summed E-state index contributed by atoms with van der Waals surface area (Å²) in [6.45, 7) is 5.05. The van der Waals surface area contributed by atoms with Crippen LogP contribution in [0, 0.1) is 0 Å². The van der Waals surface area contributed by atoms with E-state index in [1.165, 1.54) is 0 Å². The molecule has 1 atom stereocenters. The van der Waals surface area contributed by atoms with E-state index < -0.39 is 27.9 Å². The molecule has 21 heavy (non-hydrogen) atoms. The molecule has 1 aromatic carbocycles. The minimum atomic E-state index is -3.59. The van der Waals surface area contributed by atoms with Gasteiger partial charge in [0, 0.05) is 0 Å².